The highest BCUT2D eigenvalue weighted by Crippen LogP contribution is 2.26. The standard InChI is InChI=1S/C22H21F3N6O/c23-13-9-17(24)16(18(25)10-13)12-30-7-1-3-15(30)6-5-14-11-31-22(20(26)27-14)28-21(29-31)19-4-2-8-32-19/h2,4,8-11,15H,1,3,5-7,12H2,(H2,26,27)/t15-/m1/s1. The fourth-order valence-electron chi connectivity index (χ4n) is 4.26. The number of halogens is 3. The van der Waals surface area contributed by atoms with E-state index in [1.807, 2.05) is 4.90 Å². The van der Waals surface area contributed by atoms with Crippen LogP contribution < -0.4 is 5.73 Å². The quantitative estimate of drug-likeness (QED) is 0.486. The van der Waals surface area contributed by atoms with Crippen LogP contribution in [-0.2, 0) is 13.0 Å². The van der Waals surface area contributed by atoms with Gasteiger partial charge in [-0.1, -0.05) is 0 Å². The van der Waals surface area contributed by atoms with Crippen molar-refractivity contribution in [1.82, 2.24) is 24.5 Å². The van der Waals surface area contributed by atoms with Crippen molar-refractivity contribution < 1.29 is 17.6 Å². The first-order valence-electron chi connectivity index (χ1n) is 10.4. The zero-order valence-electron chi connectivity index (χ0n) is 17.1. The number of likely N-dealkylation sites (tertiary alicyclic amines) is 1. The number of nitrogens with zero attached hydrogens (tertiary/aromatic N) is 5. The minimum absolute atomic E-state index is 0.102. The Hall–Kier alpha value is -3.40. The summed E-state index contributed by atoms with van der Waals surface area (Å²) in [6.07, 6.45) is 6.52. The summed E-state index contributed by atoms with van der Waals surface area (Å²) in [5.74, 6) is -1.39. The second-order valence-corrected chi connectivity index (χ2v) is 7.95. The molecule has 1 saturated heterocycles. The zero-order valence-corrected chi connectivity index (χ0v) is 17.1. The van der Waals surface area contributed by atoms with Crippen molar-refractivity contribution >= 4 is 11.5 Å². The molecule has 1 aromatic carbocycles. The lowest BCUT2D eigenvalue weighted by atomic mass is 10.1. The Balaban J connectivity index is 1.30. The summed E-state index contributed by atoms with van der Waals surface area (Å²) in [6, 6.07) is 5.10. The van der Waals surface area contributed by atoms with Crippen LogP contribution >= 0.6 is 0 Å². The second kappa shape index (κ2) is 8.27. The predicted octanol–water partition coefficient (Wildman–Crippen LogP) is 3.98. The Kier molecular flexibility index (Phi) is 5.30. The summed E-state index contributed by atoms with van der Waals surface area (Å²) in [6.45, 7) is 0.831. The maximum absolute atomic E-state index is 14.1. The summed E-state index contributed by atoms with van der Waals surface area (Å²) in [5.41, 5.74) is 7.19. The summed E-state index contributed by atoms with van der Waals surface area (Å²) < 4.78 is 48.3. The molecule has 0 spiro atoms. The smallest absolute Gasteiger partial charge is 0.218 e. The minimum Gasteiger partial charge on any atom is -0.461 e. The number of rotatable bonds is 6. The van der Waals surface area contributed by atoms with E-state index >= 15 is 0 Å². The van der Waals surface area contributed by atoms with Gasteiger partial charge in [0, 0.05) is 30.3 Å². The van der Waals surface area contributed by atoms with E-state index in [0.29, 0.717) is 23.7 Å². The van der Waals surface area contributed by atoms with Crippen LogP contribution in [0.5, 0.6) is 0 Å². The van der Waals surface area contributed by atoms with Gasteiger partial charge >= 0.3 is 0 Å². The van der Waals surface area contributed by atoms with Crippen molar-refractivity contribution in [3.8, 4) is 11.6 Å². The van der Waals surface area contributed by atoms with Crippen LogP contribution in [0.25, 0.3) is 17.2 Å². The number of fused-ring (bicyclic) bond motifs is 1. The van der Waals surface area contributed by atoms with E-state index in [2.05, 4.69) is 15.1 Å². The number of nitrogens with two attached hydrogens (primary N) is 1. The molecule has 4 heterocycles. The molecule has 1 fully saturated rings. The van der Waals surface area contributed by atoms with Gasteiger partial charge < -0.3 is 10.2 Å². The van der Waals surface area contributed by atoms with Gasteiger partial charge in [0.05, 0.1) is 18.2 Å². The normalized spacial score (nSPS) is 16.9. The van der Waals surface area contributed by atoms with Crippen molar-refractivity contribution in [3.05, 3.63) is 65.4 Å². The van der Waals surface area contributed by atoms with Gasteiger partial charge in [-0.05, 0) is 44.4 Å². The van der Waals surface area contributed by atoms with Crippen molar-refractivity contribution in [2.45, 2.75) is 38.3 Å². The Bertz CT molecular complexity index is 1230. The molecule has 32 heavy (non-hydrogen) atoms. The summed E-state index contributed by atoms with van der Waals surface area (Å²) in [7, 11) is 0. The van der Waals surface area contributed by atoms with Gasteiger partial charge in [-0.3, -0.25) is 4.90 Å². The maximum Gasteiger partial charge on any atom is 0.218 e. The van der Waals surface area contributed by atoms with E-state index < -0.39 is 17.5 Å². The van der Waals surface area contributed by atoms with E-state index in [-0.39, 0.29) is 24.0 Å². The van der Waals surface area contributed by atoms with E-state index in [0.717, 1.165) is 43.6 Å². The third-order valence-corrected chi connectivity index (χ3v) is 5.84. The summed E-state index contributed by atoms with van der Waals surface area (Å²) in [5, 5.41) is 4.42. The van der Waals surface area contributed by atoms with E-state index in [9.17, 15) is 13.2 Å². The van der Waals surface area contributed by atoms with Gasteiger partial charge in [0.1, 0.15) is 17.5 Å². The van der Waals surface area contributed by atoms with Crippen LogP contribution in [0.2, 0.25) is 0 Å². The molecule has 7 nitrogen and oxygen atoms in total. The lowest BCUT2D eigenvalue weighted by Gasteiger charge is -2.25. The average Bonchev–Trinajstić information content (AvgIpc) is 3.49. The molecule has 0 aliphatic carbocycles. The molecule has 0 saturated carbocycles. The molecular formula is C22H21F3N6O. The number of hydrogen-bond acceptors (Lipinski definition) is 6. The van der Waals surface area contributed by atoms with Gasteiger partial charge in [0.15, 0.2) is 17.2 Å². The van der Waals surface area contributed by atoms with E-state index in [1.54, 1.807) is 29.1 Å². The first-order valence-corrected chi connectivity index (χ1v) is 10.4. The van der Waals surface area contributed by atoms with Gasteiger partial charge in [0.2, 0.25) is 5.82 Å². The topological polar surface area (TPSA) is 85.5 Å². The van der Waals surface area contributed by atoms with Gasteiger partial charge in [-0.15, -0.1) is 5.10 Å². The number of aryl methyl sites for hydroxylation is 1. The molecule has 4 aromatic rings. The molecular weight excluding hydrogens is 421 g/mol. The third-order valence-electron chi connectivity index (χ3n) is 5.84. The minimum atomic E-state index is -0.913. The van der Waals surface area contributed by atoms with Crippen molar-refractivity contribution in [2.75, 3.05) is 12.3 Å². The molecule has 5 rings (SSSR count). The third kappa shape index (κ3) is 3.93. The van der Waals surface area contributed by atoms with Crippen LogP contribution in [-0.4, -0.2) is 37.1 Å². The number of nitrogen functional groups attached to an aromatic ring is 1. The molecule has 1 atom stereocenters. The van der Waals surface area contributed by atoms with Crippen LogP contribution in [0.3, 0.4) is 0 Å². The van der Waals surface area contributed by atoms with Crippen molar-refractivity contribution in [3.63, 3.8) is 0 Å². The Morgan fingerprint density at radius 2 is 1.97 bits per heavy atom. The summed E-state index contributed by atoms with van der Waals surface area (Å²) in [4.78, 5) is 10.9. The number of anilines is 1. The first kappa shape index (κ1) is 20.5. The first-order chi connectivity index (χ1) is 15.5. The van der Waals surface area contributed by atoms with E-state index in [4.69, 9.17) is 10.2 Å². The van der Waals surface area contributed by atoms with Gasteiger partial charge in [0.25, 0.3) is 0 Å². The lowest BCUT2D eigenvalue weighted by molar-refractivity contribution is 0.227. The van der Waals surface area contributed by atoms with Crippen LogP contribution in [0.4, 0.5) is 19.0 Å². The molecule has 0 bridgehead atoms. The molecule has 1 aliphatic heterocycles. The summed E-state index contributed by atoms with van der Waals surface area (Å²) >= 11 is 0. The molecule has 2 N–H and O–H groups in total. The fraction of sp³-hybridized carbons (Fsp3) is 0.318. The number of hydrogen-bond donors (Lipinski definition) is 1. The van der Waals surface area contributed by atoms with Crippen molar-refractivity contribution in [2.24, 2.45) is 0 Å². The van der Waals surface area contributed by atoms with Crippen LogP contribution in [0.1, 0.15) is 30.5 Å². The SMILES string of the molecule is Nc1nc(CC[C@H]2CCCN2Cc2c(F)cc(F)cc2F)cn2nc(-c3ccco3)nc12. The zero-order chi connectivity index (χ0) is 22.2. The Labute approximate surface area is 181 Å². The number of furan rings is 1. The van der Waals surface area contributed by atoms with Crippen LogP contribution in [0, 0.1) is 17.5 Å². The monoisotopic (exact) mass is 442 g/mol. The van der Waals surface area contributed by atoms with Gasteiger partial charge in [-0.2, -0.15) is 0 Å². The second-order valence-electron chi connectivity index (χ2n) is 7.95. The molecule has 0 amide bonds. The Morgan fingerprint density at radius 3 is 2.72 bits per heavy atom. The lowest BCUT2D eigenvalue weighted by Crippen LogP contribution is -2.30. The molecule has 0 radical (unpaired) electrons. The van der Waals surface area contributed by atoms with Gasteiger partial charge in [-0.25, -0.2) is 27.7 Å². The average molecular weight is 442 g/mol. The van der Waals surface area contributed by atoms with Crippen LogP contribution in [0.15, 0.2) is 41.1 Å². The largest absolute Gasteiger partial charge is 0.461 e. The number of benzene rings is 1. The highest BCUT2D eigenvalue weighted by atomic mass is 19.1. The Morgan fingerprint density at radius 1 is 1.16 bits per heavy atom. The van der Waals surface area contributed by atoms with E-state index in [1.165, 1.54) is 0 Å². The highest BCUT2D eigenvalue weighted by molar-refractivity contribution is 5.63. The molecule has 166 valence electrons. The maximum atomic E-state index is 14.1. The van der Waals surface area contributed by atoms with Crippen molar-refractivity contribution in [1.29, 1.82) is 0 Å². The fourth-order valence-corrected chi connectivity index (χ4v) is 4.26. The number of aromatic nitrogens is 4. The molecule has 3 aromatic heterocycles. The molecule has 0 unspecified atom stereocenters. The predicted molar refractivity (Wildman–Crippen MR) is 111 cm³/mol. The molecule has 1 aliphatic rings. The molecule has 10 heteroatoms. The highest BCUT2D eigenvalue weighted by Gasteiger charge is 2.27.